The fourth-order valence-corrected chi connectivity index (χ4v) is 2.81. The molecule has 0 saturated heterocycles. The summed E-state index contributed by atoms with van der Waals surface area (Å²) < 4.78 is 0. The van der Waals surface area contributed by atoms with Gasteiger partial charge in [0, 0.05) is 21.7 Å². The highest BCUT2D eigenvalue weighted by atomic mass is 35.5. The average molecular weight is 308 g/mol. The number of benzene rings is 2. The van der Waals surface area contributed by atoms with Crippen LogP contribution in [0.1, 0.15) is 31.9 Å². The van der Waals surface area contributed by atoms with Gasteiger partial charge in [0.25, 0.3) is 0 Å². The highest BCUT2D eigenvalue weighted by Crippen LogP contribution is 2.34. The second kappa shape index (κ2) is 7.12. The molecule has 3 heteroatoms. The Morgan fingerprint density at radius 1 is 1.05 bits per heavy atom. The van der Waals surface area contributed by atoms with Crippen LogP contribution >= 0.6 is 23.2 Å². The second-order valence-electron chi connectivity index (χ2n) is 4.89. The van der Waals surface area contributed by atoms with Crippen LogP contribution in [0.15, 0.2) is 42.5 Å². The third-order valence-electron chi connectivity index (χ3n) is 3.35. The van der Waals surface area contributed by atoms with E-state index in [1.165, 1.54) is 5.56 Å². The smallest absolute Gasteiger partial charge is 0.0499 e. The molecule has 1 N–H and O–H groups in total. The van der Waals surface area contributed by atoms with E-state index in [4.69, 9.17) is 23.2 Å². The molecule has 1 atom stereocenters. The maximum absolute atomic E-state index is 6.34. The summed E-state index contributed by atoms with van der Waals surface area (Å²) >= 11 is 12.3. The minimum Gasteiger partial charge on any atom is -0.310 e. The van der Waals surface area contributed by atoms with Gasteiger partial charge in [0.05, 0.1) is 0 Å². The van der Waals surface area contributed by atoms with Crippen molar-refractivity contribution in [3.05, 3.63) is 58.1 Å². The predicted octanol–water partition coefficient (Wildman–Crippen LogP) is 5.72. The topological polar surface area (TPSA) is 12.0 Å². The standard InChI is InChI=1S/C17H19Cl2N/c1-3-10-20-12(2)14-6-4-5-7-15(14)16-9-8-13(18)11-17(16)19/h4-9,11-12,20H,3,10H2,1-2H3. The predicted molar refractivity (Wildman–Crippen MR) is 88.6 cm³/mol. The summed E-state index contributed by atoms with van der Waals surface area (Å²) in [6.45, 7) is 5.35. The van der Waals surface area contributed by atoms with Crippen LogP contribution in [0.2, 0.25) is 10.0 Å². The minimum absolute atomic E-state index is 0.290. The van der Waals surface area contributed by atoms with Crippen molar-refractivity contribution in [3.8, 4) is 11.1 Å². The molecule has 0 saturated carbocycles. The van der Waals surface area contributed by atoms with E-state index in [0.29, 0.717) is 10.0 Å². The maximum atomic E-state index is 6.34. The van der Waals surface area contributed by atoms with Crippen LogP contribution in [0, 0.1) is 0 Å². The van der Waals surface area contributed by atoms with Gasteiger partial charge in [-0.3, -0.25) is 0 Å². The highest BCUT2D eigenvalue weighted by molar-refractivity contribution is 6.36. The Kier molecular flexibility index (Phi) is 5.47. The Bertz CT molecular complexity index is 581. The van der Waals surface area contributed by atoms with E-state index in [0.717, 1.165) is 24.1 Å². The van der Waals surface area contributed by atoms with Crippen molar-refractivity contribution in [1.82, 2.24) is 5.32 Å². The maximum Gasteiger partial charge on any atom is 0.0499 e. The molecule has 106 valence electrons. The van der Waals surface area contributed by atoms with Crippen LogP contribution in [-0.4, -0.2) is 6.54 Å². The van der Waals surface area contributed by atoms with Crippen molar-refractivity contribution in [2.75, 3.05) is 6.54 Å². The first kappa shape index (κ1) is 15.4. The molecule has 0 radical (unpaired) electrons. The van der Waals surface area contributed by atoms with E-state index in [9.17, 15) is 0 Å². The van der Waals surface area contributed by atoms with Crippen molar-refractivity contribution < 1.29 is 0 Å². The minimum atomic E-state index is 0.290. The third kappa shape index (κ3) is 3.54. The van der Waals surface area contributed by atoms with Gasteiger partial charge in [0.2, 0.25) is 0 Å². The van der Waals surface area contributed by atoms with Crippen LogP contribution in [0.4, 0.5) is 0 Å². The van der Waals surface area contributed by atoms with Crippen LogP contribution < -0.4 is 5.32 Å². The molecule has 0 aromatic heterocycles. The molecule has 0 aliphatic rings. The molecule has 0 spiro atoms. The number of halogens is 2. The van der Waals surface area contributed by atoms with Gasteiger partial charge in [-0.2, -0.15) is 0 Å². The Morgan fingerprint density at radius 3 is 2.50 bits per heavy atom. The molecule has 1 nitrogen and oxygen atoms in total. The van der Waals surface area contributed by atoms with Crippen LogP contribution in [0.5, 0.6) is 0 Å². The number of rotatable bonds is 5. The van der Waals surface area contributed by atoms with Crippen molar-refractivity contribution >= 4 is 23.2 Å². The fraction of sp³-hybridized carbons (Fsp3) is 0.294. The molecule has 0 fully saturated rings. The summed E-state index contributed by atoms with van der Waals surface area (Å²) in [7, 11) is 0. The number of hydrogen-bond acceptors (Lipinski definition) is 1. The van der Waals surface area contributed by atoms with Gasteiger partial charge in [0.15, 0.2) is 0 Å². The lowest BCUT2D eigenvalue weighted by Crippen LogP contribution is -2.19. The van der Waals surface area contributed by atoms with E-state index in [1.54, 1.807) is 6.07 Å². The molecular weight excluding hydrogens is 289 g/mol. The Labute approximate surface area is 130 Å². The Hall–Kier alpha value is -1.02. The van der Waals surface area contributed by atoms with Crippen LogP contribution in [0.3, 0.4) is 0 Å². The molecule has 20 heavy (non-hydrogen) atoms. The van der Waals surface area contributed by atoms with Gasteiger partial charge in [-0.1, -0.05) is 60.5 Å². The molecule has 2 aromatic carbocycles. The summed E-state index contributed by atoms with van der Waals surface area (Å²) in [5, 5.41) is 4.87. The lowest BCUT2D eigenvalue weighted by Gasteiger charge is -2.18. The van der Waals surface area contributed by atoms with E-state index in [1.807, 2.05) is 18.2 Å². The van der Waals surface area contributed by atoms with Gasteiger partial charge in [-0.05, 0) is 43.1 Å². The summed E-state index contributed by atoms with van der Waals surface area (Å²) in [6, 6.07) is 14.3. The number of hydrogen-bond donors (Lipinski definition) is 1. The third-order valence-corrected chi connectivity index (χ3v) is 3.90. The van der Waals surface area contributed by atoms with Crippen LogP contribution in [-0.2, 0) is 0 Å². The van der Waals surface area contributed by atoms with Gasteiger partial charge < -0.3 is 5.32 Å². The first-order chi connectivity index (χ1) is 9.63. The lowest BCUT2D eigenvalue weighted by molar-refractivity contribution is 0.572. The van der Waals surface area contributed by atoms with Crippen molar-refractivity contribution in [1.29, 1.82) is 0 Å². The lowest BCUT2D eigenvalue weighted by atomic mass is 9.95. The molecule has 2 rings (SSSR count). The van der Waals surface area contributed by atoms with Gasteiger partial charge in [-0.15, -0.1) is 0 Å². The first-order valence-electron chi connectivity index (χ1n) is 6.91. The molecule has 0 aliphatic heterocycles. The molecule has 0 heterocycles. The molecule has 2 aromatic rings. The van der Waals surface area contributed by atoms with Gasteiger partial charge in [-0.25, -0.2) is 0 Å². The summed E-state index contributed by atoms with van der Waals surface area (Å²) in [6.07, 6.45) is 1.12. The second-order valence-corrected chi connectivity index (χ2v) is 5.73. The van der Waals surface area contributed by atoms with Crippen molar-refractivity contribution in [2.24, 2.45) is 0 Å². The Morgan fingerprint density at radius 2 is 1.80 bits per heavy atom. The van der Waals surface area contributed by atoms with E-state index in [-0.39, 0.29) is 6.04 Å². The zero-order chi connectivity index (χ0) is 14.5. The molecule has 0 amide bonds. The van der Waals surface area contributed by atoms with Crippen molar-refractivity contribution in [2.45, 2.75) is 26.3 Å². The quantitative estimate of drug-likeness (QED) is 0.744. The van der Waals surface area contributed by atoms with Crippen LogP contribution in [0.25, 0.3) is 11.1 Å². The molecule has 0 aliphatic carbocycles. The number of nitrogens with one attached hydrogen (secondary N) is 1. The molecule has 1 unspecified atom stereocenters. The SMILES string of the molecule is CCCNC(C)c1ccccc1-c1ccc(Cl)cc1Cl. The summed E-state index contributed by atoms with van der Waals surface area (Å²) in [5.74, 6) is 0. The average Bonchev–Trinajstić information content (AvgIpc) is 2.45. The molecule has 0 bridgehead atoms. The van der Waals surface area contributed by atoms with E-state index in [2.05, 4.69) is 37.4 Å². The highest BCUT2D eigenvalue weighted by Gasteiger charge is 2.13. The van der Waals surface area contributed by atoms with Gasteiger partial charge in [0.1, 0.15) is 0 Å². The monoisotopic (exact) mass is 307 g/mol. The summed E-state index contributed by atoms with van der Waals surface area (Å²) in [5.41, 5.74) is 3.44. The Balaban J connectivity index is 2.41. The van der Waals surface area contributed by atoms with Crippen molar-refractivity contribution in [3.63, 3.8) is 0 Å². The normalized spacial score (nSPS) is 12.4. The largest absolute Gasteiger partial charge is 0.310 e. The summed E-state index contributed by atoms with van der Waals surface area (Å²) in [4.78, 5) is 0. The first-order valence-corrected chi connectivity index (χ1v) is 7.66. The zero-order valence-corrected chi connectivity index (χ0v) is 13.3. The van der Waals surface area contributed by atoms with Gasteiger partial charge >= 0.3 is 0 Å². The molecular formula is C17H19Cl2N. The van der Waals surface area contributed by atoms with E-state index >= 15 is 0 Å². The fourth-order valence-electron chi connectivity index (χ4n) is 2.30. The van der Waals surface area contributed by atoms with E-state index < -0.39 is 0 Å². The zero-order valence-electron chi connectivity index (χ0n) is 11.8.